The van der Waals surface area contributed by atoms with Crippen LogP contribution in [0.25, 0.3) is 11.1 Å². The largest absolute Gasteiger partial charge is 0.495 e. The predicted molar refractivity (Wildman–Crippen MR) is 115 cm³/mol. The van der Waals surface area contributed by atoms with Crippen molar-refractivity contribution in [1.29, 1.82) is 0 Å². The monoisotopic (exact) mass is 410 g/mol. The number of para-hydroxylation sites is 2. The highest BCUT2D eigenvalue weighted by Crippen LogP contribution is 2.34. The van der Waals surface area contributed by atoms with Crippen LogP contribution in [0.3, 0.4) is 0 Å². The van der Waals surface area contributed by atoms with Gasteiger partial charge in [-0.05, 0) is 32.9 Å². The van der Waals surface area contributed by atoms with Crippen LogP contribution in [0.5, 0.6) is 5.75 Å². The highest BCUT2D eigenvalue weighted by molar-refractivity contribution is 6.08. The van der Waals surface area contributed by atoms with Gasteiger partial charge in [0.2, 0.25) is 5.71 Å². The van der Waals surface area contributed by atoms with E-state index in [1.54, 1.807) is 21.0 Å². The number of aromatic nitrogens is 2. The number of piperazine rings is 1. The fourth-order valence-electron chi connectivity index (χ4n) is 3.93. The third kappa shape index (κ3) is 3.53. The first-order valence-electron chi connectivity index (χ1n) is 10.1. The van der Waals surface area contributed by atoms with E-state index in [4.69, 9.17) is 13.9 Å². The molecule has 3 heterocycles. The van der Waals surface area contributed by atoms with Crippen LogP contribution in [0.15, 0.2) is 28.7 Å². The topological polar surface area (TPSA) is 80.9 Å². The molecule has 1 saturated heterocycles. The van der Waals surface area contributed by atoms with E-state index in [-0.39, 0.29) is 0 Å². The second kappa shape index (κ2) is 8.22. The zero-order valence-electron chi connectivity index (χ0n) is 17.8. The standard InChI is InChI=1S/C22H26N4O4/c1-5-29-22(27)18-14(2)30-21-19(18)20(23-15(3)24-21)26-12-10-25(11-13-26)16-8-6-7-9-17(16)28-4/h6-9H,5,10-13H2,1-4H3. The van der Waals surface area contributed by atoms with E-state index < -0.39 is 5.97 Å². The molecular weight excluding hydrogens is 384 g/mol. The summed E-state index contributed by atoms with van der Waals surface area (Å²) in [7, 11) is 1.69. The van der Waals surface area contributed by atoms with Gasteiger partial charge in [0.05, 0.1) is 24.8 Å². The maximum Gasteiger partial charge on any atom is 0.342 e. The van der Waals surface area contributed by atoms with E-state index in [1.807, 2.05) is 25.1 Å². The lowest BCUT2D eigenvalue weighted by molar-refractivity contribution is 0.0526. The molecule has 0 atom stereocenters. The number of carbonyl (C=O) groups excluding carboxylic acids is 1. The van der Waals surface area contributed by atoms with Crippen LogP contribution in [0.4, 0.5) is 11.5 Å². The summed E-state index contributed by atoms with van der Waals surface area (Å²) in [5.41, 5.74) is 1.91. The van der Waals surface area contributed by atoms with Crippen molar-refractivity contribution < 1.29 is 18.7 Å². The zero-order chi connectivity index (χ0) is 21.3. The molecule has 0 spiro atoms. The van der Waals surface area contributed by atoms with Crippen LogP contribution in [0.1, 0.15) is 28.9 Å². The minimum atomic E-state index is -0.407. The Kier molecular flexibility index (Phi) is 5.48. The van der Waals surface area contributed by atoms with Crippen LogP contribution in [-0.2, 0) is 4.74 Å². The van der Waals surface area contributed by atoms with Gasteiger partial charge in [-0.15, -0.1) is 0 Å². The van der Waals surface area contributed by atoms with Crippen molar-refractivity contribution >= 4 is 28.6 Å². The molecule has 0 N–H and O–H groups in total. The van der Waals surface area contributed by atoms with E-state index in [0.29, 0.717) is 34.9 Å². The number of carbonyl (C=O) groups is 1. The van der Waals surface area contributed by atoms with Crippen LogP contribution in [0.2, 0.25) is 0 Å². The number of fused-ring (bicyclic) bond motifs is 1. The van der Waals surface area contributed by atoms with Gasteiger partial charge in [-0.25, -0.2) is 9.78 Å². The second-order valence-corrected chi connectivity index (χ2v) is 7.17. The van der Waals surface area contributed by atoms with E-state index in [1.165, 1.54) is 0 Å². The van der Waals surface area contributed by atoms with Gasteiger partial charge in [-0.1, -0.05) is 12.1 Å². The Morgan fingerprint density at radius 2 is 1.80 bits per heavy atom. The number of anilines is 2. The first-order valence-corrected chi connectivity index (χ1v) is 10.1. The molecule has 0 unspecified atom stereocenters. The van der Waals surface area contributed by atoms with Crippen LogP contribution >= 0.6 is 0 Å². The fourth-order valence-corrected chi connectivity index (χ4v) is 3.93. The van der Waals surface area contributed by atoms with Gasteiger partial charge in [0.1, 0.15) is 28.7 Å². The minimum absolute atomic E-state index is 0.296. The van der Waals surface area contributed by atoms with Gasteiger partial charge in [0.15, 0.2) is 0 Å². The average Bonchev–Trinajstić information content (AvgIpc) is 3.09. The molecule has 0 amide bonds. The molecule has 8 nitrogen and oxygen atoms in total. The lowest BCUT2D eigenvalue weighted by atomic mass is 10.1. The number of methoxy groups -OCH3 is 1. The van der Waals surface area contributed by atoms with Gasteiger partial charge in [-0.2, -0.15) is 4.98 Å². The molecule has 3 aromatic rings. The van der Waals surface area contributed by atoms with E-state index in [2.05, 4.69) is 25.8 Å². The Morgan fingerprint density at radius 1 is 1.10 bits per heavy atom. The third-order valence-corrected chi connectivity index (χ3v) is 5.30. The molecule has 0 saturated carbocycles. The number of hydrogen-bond donors (Lipinski definition) is 0. The highest BCUT2D eigenvalue weighted by Gasteiger charge is 2.28. The SMILES string of the molecule is CCOC(=O)c1c(C)oc2nc(C)nc(N3CCN(c4ccccc4OC)CC3)c12. The maximum absolute atomic E-state index is 12.6. The number of hydrogen-bond acceptors (Lipinski definition) is 8. The average molecular weight is 410 g/mol. The Balaban J connectivity index is 1.66. The van der Waals surface area contributed by atoms with Gasteiger partial charge in [-0.3, -0.25) is 0 Å². The Morgan fingerprint density at radius 3 is 2.50 bits per heavy atom. The van der Waals surface area contributed by atoms with Crippen LogP contribution in [0, 0.1) is 13.8 Å². The minimum Gasteiger partial charge on any atom is -0.495 e. The summed E-state index contributed by atoms with van der Waals surface area (Å²) in [4.78, 5) is 26.1. The molecule has 4 rings (SSSR count). The summed E-state index contributed by atoms with van der Waals surface area (Å²) >= 11 is 0. The molecule has 158 valence electrons. The van der Waals surface area contributed by atoms with Gasteiger partial charge >= 0.3 is 5.97 Å². The van der Waals surface area contributed by atoms with Crippen LogP contribution in [-0.4, -0.2) is 55.8 Å². The highest BCUT2D eigenvalue weighted by atomic mass is 16.5. The number of benzene rings is 1. The van der Waals surface area contributed by atoms with Crippen LogP contribution < -0.4 is 14.5 Å². The fraction of sp³-hybridized carbons (Fsp3) is 0.409. The smallest absolute Gasteiger partial charge is 0.342 e. The van der Waals surface area contributed by atoms with E-state index in [9.17, 15) is 4.79 Å². The quantitative estimate of drug-likeness (QED) is 0.593. The van der Waals surface area contributed by atoms with Crippen molar-refractivity contribution in [1.82, 2.24) is 9.97 Å². The Labute approximate surface area is 175 Å². The first kappa shape index (κ1) is 20.0. The lowest BCUT2D eigenvalue weighted by Gasteiger charge is -2.37. The number of furan rings is 1. The normalized spacial score (nSPS) is 14.3. The van der Waals surface area contributed by atoms with Gasteiger partial charge in [0.25, 0.3) is 0 Å². The Bertz CT molecular complexity index is 1070. The van der Waals surface area contributed by atoms with E-state index >= 15 is 0 Å². The molecule has 1 aromatic carbocycles. The molecule has 30 heavy (non-hydrogen) atoms. The number of ether oxygens (including phenoxy) is 2. The molecule has 1 aliphatic heterocycles. The molecule has 1 fully saturated rings. The number of aryl methyl sites for hydroxylation is 2. The van der Waals surface area contributed by atoms with Gasteiger partial charge in [0, 0.05) is 26.2 Å². The first-order chi connectivity index (χ1) is 14.5. The molecule has 8 heteroatoms. The van der Waals surface area contributed by atoms with Crippen molar-refractivity contribution in [3.8, 4) is 5.75 Å². The van der Waals surface area contributed by atoms with Gasteiger partial charge < -0.3 is 23.7 Å². The van der Waals surface area contributed by atoms with Crippen molar-refractivity contribution in [3.05, 3.63) is 41.4 Å². The van der Waals surface area contributed by atoms with Crippen molar-refractivity contribution in [2.24, 2.45) is 0 Å². The predicted octanol–water partition coefficient (Wildman–Crippen LogP) is 3.35. The summed E-state index contributed by atoms with van der Waals surface area (Å²) in [6.45, 7) is 8.76. The van der Waals surface area contributed by atoms with Crippen molar-refractivity contribution in [2.45, 2.75) is 20.8 Å². The summed E-state index contributed by atoms with van der Waals surface area (Å²) in [6.07, 6.45) is 0. The third-order valence-electron chi connectivity index (χ3n) is 5.30. The zero-order valence-corrected chi connectivity index (χ0v) is 17.8. The summed E-state index contributed by atoms with van der Waals surface area (Å²) in [6, 6.07) is 8.03. The van der Waals surface area contributed by atoms with Crippen molar-refractivity contribution in [3.63, 3.8) is 0 Å². The van der Waals surface area contributed by atoms with Crippen molar-refractivity contribution in [2.75, 3.05) is 49.7 Å². The summed E-state index contributed by atoms with van der Waals surface area (Å²) in [5, 5.41) is 0.627. The summed E-state index contributed by atoms with van der Waals surface area (Å²) < 4.78 is 16.6. The molecule has 1 aliphatic rings. The number of nitrogens with zero attached hydrogens (tertiary/aromatic N) is 4. The molecular formula is C22H26N4O4. The second-order valence-electron chi connectivity index (χ2n) is 7.17. The number of esters is 1. The maximum atomic E-state index is 12.6. The molecule has 0 radical (unpaired) electrons. The molecule has 2 aromatic heterocycles. The molecule has 0 aliphatic carbocycles. The summed E-state index contributed by atoms with van der Waals surface area (Å²) in [5.74, 6) is 2.28. The Hall–Kier alpha value is -3.29. The lowest BCUT2D eigenvalue weighted by Crippen LogP contribution is -2.47. The van der Waals surface area contributed by atoms with E-state index in [0.717, 1.165) is 43.4 Å². The molecule has 0 bridgehead atoms. The number of rotatable bonds is 5.